The third kappa shape index (κ3) is 4.36. The van der Waals surface area contributed by atoms with E-state index in [0.717, 1.165) is 20.3 Å². The molecule has 3 saturated heterocycles. The molecule has 2 bridgehead atoms. The van der Waals surface area contributed by atoms with Crippen molar-refractivity contribution in [1.29, 1.82) is 0 Å². The van der Waals surface area contributed by atoms with Gasteiger partial charge in [-0.15, -0.1) is 11.3 Å². The summed E-state index contributed by atoms with van der Waals surface area (Å²) in [5, 5.41) is 11.7. The van der Waals surface area contributed by atoms with Gasteiger partial charge in [0.25, 0.3) is 6.01 Å². The van der Waals surface area contributed by atoms with Crippen molar-refractivity contribution in [2.24, 2.45) is 0 Å². The summed E-state index contributed by atoms with van der Waals surface area (Å²) < 4.78 is 45.7. The van der Waals surface area contributed by atoms with Crippen LogP contribution in [0.4, 0.5) is 19.6 Å². The topological polar surface area (TPSA) is 101 Å². The number of anilines is 1. The average molecular weight is 523 g/mol. The molecule has 1 aromatic carbocycles. The molecule has 2 atom stereocenters. The summed E-state index contributed by atoms with van der Waals surface area (Å²) in [7, 11) is 0. The Morgan fingerprint density at radius 1 is 1.19 bits per heavy atom. The normalized spacial score (nSPS) is 20.4. The summed E-state index contributed by atoms with van der Waals surface area (Å²) in [5.41, 5.74) is 0.209. The number of carbonyl (C=O) groups is 1. The van der Waals surface area contributed by atoms with Crippen LogP contribution < -0.4 is 9.64 Å². The van der Waals surface area contributed by atoms with Gasteiger partial charge in [-0.05, 0) is 53.2 Å². The first-order valence-electron chi connectivity index (χ1n) is 11.6. The zero-order chi connectivity index (χ0) is 26.0. The monoisotopic (exact) mass is 522 g/mol. The minimum Gasteiger partial charge on any atom is -0.444 e. The summed E-state index contributed by atoms with van der Waals surface area (Å²) in [5.74, 6) is -0.219. The third-order valence-corrected chi connectivity index (χ3v) is 6.81. The van der Waals surface area contributed by atoms with E-state index < -0.39 is 17.3 Å². The number of nitrogens with zero attached hydrogens (tertiary/aromatic N) is 4. The Morgan fingerprint density at radius 2 is 1.89 bits per heavy atom. The second-order valence-corrected chi connectivity index (χ2v) is 11.4. The molecule has 5 heterocycles. The first-order chi connectivity index (χ1) is 16.7. The quantitative estimate of drug-likeness (QED) is 0.506. The van der Waals surface area contributed by atoms with Crippen LogP contribution in [0.3, 0.4) is 0 Å². The van der Waals surface area contributed by atoms with Crippen LogP contribution in [0.15, 0.2) is 27.4 Å². The fraction of sp³-hybridized carbons (Fsp3) is 0.542. The van der Waals surface area contributed by atoms with Crippen LogP contribution in [0.25, 0.3) is 22.4 Å². The molecular weight excluding hydrogens is 494 g/mol. The van der Waals surface area contributed by atoms with Crippen molar-refractivity contribution in [2.45, 2.75) is 70.4 Å². The van der Waals surface area contributed by atoms with E-state index in [0.29, 0.717) is 24.3 Å². The molecule has 3 aromatic rings. The highest BCUT2D eigenvalue weighted by atomic mass is 32.1. The first kappa shape index (κ1) is 24.7. The number of rotatable bonds is 5. The molecule has 1 N–H and O–H groups in total. The maximum atomic E-state index is 14.6. The minimum absolute atomic E-state index is 0.0677. The third-order valence-electron chi connectivity index (χ3n) is 6.22. The van der Waals surface area contributed by atoms with Gasteiger partial charge in [-0.3, -0.25) is 4.90 Å². The van der Waals surface area contributed by atoms with Crippen LogP contribution in [0.2, 0.25) is 0 Å². The molecule has 36 heavy (non-hydrogen) atoms. The van der Waals surface area contributed by atoms with Crippen LogP contribution >= 0.6 is 11.3 Å². The Hall–Kier alpha value is -2.99. The molecule has 12 heteroatoms. The number of piperazine rings is 1. The fourth-order valence-corrected chi connectivity index (χ4v) is 4.93. The average Bonchev–Trinajstić information content (AvgIpc) is 3.42. The second-order valence-electron chi connectivity index (χ2n) is 10.7. The highest BCUT2D eigenvalue weighted by Crippen LogP contribution is 2.42. The molecule has 2 aromatic heterocycles. The Bertz CT molecular complexity index is 1270. The maximum absolute atomic E-state index is 14.6. The van der Waals surface area contributed by atoms with Crippen molar-refractivity contribution >= 4 is 34.5 Å². The van der Waals surface area contributed by atoms with Crippen LogP contribution in [0, 0.1) is 0 Å². The maximum Gasteiger partial charge on any atom is 0.426 e. The number of aliphatic hydroxyl groups is 1. The van der Waals surface area contributed by atoms with Gasteiger partial charge in [0.15, 0.2) is 22.5 Å². The molecule has 3 aliphatic rings. The molecule has 0 spiro atoms. The molecule has 6 rings (SSSR count). The van der Waals surface area contributed by atoms with Gasteiger partial charge in [0.2, 0.25) is 0 Å². The largest absolute Gasteiger partial charge is 0.444 e. The number of aromatic nitrogens is 2. The molecule has 0 aliphatic carbocycles. The second kappa shape index (κ2) is 8.27. The lowest BCUT2D eigenvalue weighted by molar-refractivity contribution is -0.275. The SMILES string of the molecule is CC(C)(C)OC(=O)N1C2CC1CN(c1nc3c(OC(F)(F)C(C)(C)O)ccc(-c4cscn4)c3o1)C2. The minimum atomic E-state index is -3.87. The zero-order valence-electron chi connectivity index (χ0n) is 20.6. The van der Waals surface area contributed by atoms with E-state index in [1.165, 1.54) is 17.4 Å². The Morgan fingerprint density at radius 3 is 2.47 bits per heavy atom. The van der Waals surface area contributed by atoms with Gasteiger partial charge >= 0.3 is 12.2 Å². The number of ether oxygens (including phenoxy) is 2. The van der Waals surface area contributed by atoms with Gasteiger partial charge in [-0.25, -0.2) is 9.78 Å². The van der Waals surface area contributed by atoms with E-state index in [1.807, 2.05) is 31.1 Å². The number of fused-ring (bicyclic) bond motifs is 3. The lowest BCUT2D eigenvalue weighted by atomic mass is 9.88. The molecule has 3 aliphatic heterocycles. The number of oxazole rings is 1. The highest BCUT2D eigenvalue weighted by Gasteiger charge is 2.51. The number of benzene rings is 1. The van der Waals surface area contributed by atoms with Gasteiger partial charge in [0, 0.05) is 24.0 Å². The predicted octanol–water partition coefficient (Wildman–Crippen LogP) is 4.89. The standard InChI is InChI=1S/C24H28F2N4O5S/c1-22(2,3)35-21(31)30-13-8-14(30)10-29(9-13)20-28-18-17(34-24(25,26)23(4,5)32)7-6-15(19(18)33-20)16-11-36-12-27-16/h6-7,11-14,32H,8-10H2,1-5H3. The fourth-order valence-electron chi connectivity index (χ4n) is 4.38. The Labute approximate surface area is 210 Å². The molecule has 0 radical (unpaired) electrons. The van der Waals surface area contributed by atoms with Crippen LogP contribution in [-0.2, 0) is 4.74 Å². The number of carbonyl (C=O) groups excluding carboxylic acids is 1. The zero-order valence-corrected chi connectivity index (χ0v) is 21.4. The van der Waals surface area contributed by atoms with Crippen LogP contribution in [-0.4, -0.2) is 68.6 Å². The van der Waals surface area contributed by atoms with Crippen LogP contribution in [0.5, 0.6) is 5.75 Å². The molecule has 3 fully saturated rings. The smallest absolute Gasteiger partial charge is 0.426 e. The number of hydrogen-bond donors (Lipinski definition) is 1. The lowest BCUT2D eigenvalue weighted by Crippen LogP contribution is -2.70. The summed E-state index contributed by atoms with van der Waals surface area (Å²) in [4.78, 5) is 25.1. The van der Waals surface area contributed by atoms with E-state index in [9.17, 15) is 18.7 Å². The van der Waals surface area contributed by atoms with E-state index in [1.54, 1.807) is 16.5 Å². The van der Waals surface area contributed by atoms with Crippen molar-refractivity contribution in [3.8, 4) is 17.0 Å². The van der Waals surface area contributed by atoms with Crippen molar-refractivity contribution in [3.05, 3.63) is 23.0 Å². The van der Waals surface area contributed by atoms with E-state index >= 15 is 0 Å². The van der Waals surface area contributed by atoms with Gasteiger partial charge in [-0.1, -0.05) is 0 Å². The van der Waals surface area contributed by atoms with Crippen molar-refractivity contribution in [3.63, 3.8) is 0 Å². The molecule has 9 nitrogen and oxygen atoms in total. The van der Waals surface area contributed by atoms with Crippen molar-refractivity contribution in [2.75, 3.05) is 18.0 Å². The molecule has 1 amide bonds. The first-order valence-corrected chi connectivity index (χ1v) is 12.6. The lowest BCUT2D eigenvalue weighted by Gasteiger charge is -2.55. The van der Waals surface area contributed by atoms with Gasteiger partial charge < -0.3 is 23.9 Å². The highest BCUT2D eigenvalue weighted by molar-refractivity contribution is 7.07. The van der Waals surface area contributed by atoms with Gasteiger partial charge in [0.05, 0.1) is 23.3 Å². The summed E-state index contributed by atoms with van der Waals surface area (Å²) in [6.45, 7) is 8.34. The number of hydrogen-bond acceptors (Lipinski definition) is 9. The van der Waals surface area contributed by atoms with E-state index in [4.69, 9.17) is 13.9 Å². The number of amides is 1. The molecule has 2 unspecified atom stereocenters. The Kier molecular flexibility index (Phi) is 5.67. The summed E-state index contributed by atoms with van der Waals surface area (Å²) in [6.07, 6.45) is -3.38. The van der Waals surface area contributed by atoms with E-state index in [2.05, 4.69) is 9.97 Å². The summed E-state index contributed by atoms with van der Waals surface area (Å²) >= 11 is 1.39. The number of thiazole rings is 1. The molecule has 0 saturated carbocycles. The van der Waals surface area contributed by atoms with Crippen LogP contribution in [0.1, 0.15) is 41.0 Å². The number of piperidine rings is 1. The van der Waals surface area contributed by atoms with Gasteiger partial charge in [-0.2, -0.15) is 13.8 Å². The predicted molar refractivity (Wildman–Crippen MR) is 129 cm³/mol. The number of halogens is 2. The van der Waals surface area contributed by atoms with Crippen molar-refractivity contribution in [1.82, 2.24) is 14.9 Å². The summed E-state index contributed by atoms with van der Waals surface area (Å²) in [6, 6.07) is 3.06. The number of alkyl halides is 2. The molecular formula is C24H28F2N4O5S. The van der Waals surface area contributed by atoms with Gasteiger partial charge in [0.1, 0.15) is 5.60 Å². The Balaban J connectivity index is 1.46. The molecule has 194 valence electrons. The van der Waals surface area contributed by atoms with E-state index in [-0.39, 0.29) is 41.0 Å². The van der Waals surface area contributed by atoms with Crippen molar-refractivity contribution < 1.29 is 32.6 Å².